The molecule has 0 aliphatic carbocycles. The van der Waals surface area contributed by atoms with Crippen LogP contribution in [-0.2, 0) is 6.54 Å². The van der Waals surface area contributed by atoms with E-state index in [0.717, 1.165) is 55.7 Å². The number of hydrogen-bond donors (Lipinski definition) is 0. The highest BCUT2D eigenvalue weighted by atomic mass is 79.9. The van der Waals surface area contributed by atoms with Gasteiger partial charge in [-0.05, 0) is 54.3 Å². The summed E-state index contributed by atoms with van der Waals surface area (Å²) in [7, 11) is 2.18. The molecule has 28 heavy (non-hydrogen) atoms. The monoisotopic (exact) mass is 449 g/mol. The molecule has 0 aromatic carbocycles. The number of hydrogen-bond acceptors (Lipinski definition) is 5. The Morgan fingerprint density at radius 1 is 1.21 bits per heavy atom. The zero-order chi connectivity index (χ0) is 20.3. The molecule has 1 unspecified atom stereocenters. The lowest BCUT2D eigenvalue weighted by Gasteiger charge is -2.32. The second-order valence-electron chi connectivity index (χ2n) is 8.30. The summed E-state index contributed by atoms with van der Waals surface area (Å²) in [5.74, 6) is 1.25. The van der Waals surface area contributed by atoms with Gasteiger partial charge in [-0.2, -0.15) is 0 Å². The molecule has 0 N–H and O–H groups in total. The van der Waals surface area contributed by atoms with Crippen molar-refractivity contribution in [3.8, 4) is 0 Å². The summed E-state index contributed by atoms with van der Waals surface area (Å²) in [6.07, 6.45) is 4.92. The van der Waals surface area contributed by atoms with Crippen LogP contribution in [0.25, 0.3) is 11.0 Å². The first-order valence-corrected chi connectivity index (χ1v) is 11.2. The van der Waals surface area contributed by atoms with E-state index in [1.54, 1.807) is 6.20 Å². The molecule has 0 spiro atoms. The van der Waals surface area contributed by atoms with Crippen LogP contribution < -0.4 is 5.56 Å². The van der Waals surface area contributed by atoms with Gasteiger partial charge in [0.25, 0.3) is 5.56 Å². The van der Waals surface area contributed by atoms with E-state index in [1.165, 1.54) is 0 Å². The van der Waals surface area contributed by atoms with Crippen LogP contribution in [0.15, 0.2) is 21.5 Å². The average molecular weight is 450 g/mol. The minimum absolute atomic E-state index is 0.0237. The molecule has 1 atom stereocenters. The summed E-state index contributed by atoms with van der Waals surface area (Å²) in [4.78, 5) is 27.7. The molecule has 0 saturated carbocycles. The van der Waals surface area contributed by atoms with Crippen molar-refractivity contribution in [3.05, 3.63) is 32.9 Å². The Labute approximate surface area is 176 Å². The Bertz CT molecular complexity index is 866. The number of pyridine rings is 1. The second kappa shape index (κ2) is 9.46. The lowest BCUT2D eigenvalue weighted by molar-refractivity contribution is 0.178. The fourth-order valence-electron chi connectivity index (χ4n) is 4.02. The maximum atomic E-state index is 13.4. The van der Waals surface area contributed by atoms with Gasteiger partial charge < -0.3 is 4.90 Å². The Hall–Kier alpha value is -1.31. The van der Waals surface area contributed by atoms with Crippen molar-refractivity contribution in [1.29, 1.82) is 0 Å². The lowest BCUT2D eigenvalue weighted by atomic mass is 10.1. The lowest BCUT2D eigenvalue weighted by Crippen LogP contribution is -2.38. The fraction of sp³-hybridized carbons (Fsp3) is 0.667. The maximum absolute atomic E-state index is 13.4. The van der Waals surface area contributed by atoms with Crippen LogP contribution in [0.5, 0.6) is 0 Å². The van der Waals surface area contributed by atoms with Gasteiger partial charge >= 0.3 is 0 Å². The highest BCUT2D eigenvalue weighted by Gasteiger charge is 2.27. The van der Waals surface area contributed by atoms with Gasteiger partial charge in [0.2, 0.25) is 0 Å². The minimum Gasteiger partial charge on any atom is -0.305 e. The molecule has 1 aliphatic heterocycles. The summed E-state index contributed by atoms with van der Waals surface area (Å²) in [6, 6.07) is 1.99. The molecule has 2 aromatic heterocycles. The Morgan fingerprint density at radius 2 is 2.00 bits per heavy atom. The minimum atomic E-state index is 0.0237. The molecule has 154 valence electrons. The molecular weight excluding hydrogens is 418 g/mol. The second-order valence-corrected chi connectivity index (χ2v) is 9.22. The molecule has 6 nitrogen and oxygen atoms in total. The molecule has 7 heteroatoms. The molecule has 3 heterocycles. The Kier molecular flexibility index (Phi) is 7.23. The van der Waals surface area contributed by atoms with E-state index in [1.807, 2.05) is 10.6 Å². The molecule has 1 fully saturated rings. The van der Waals surface area contributed by atoms with E-state index in [-0.39, 0.29) is 11.6 Å². The smallest absolute Gasteiger partial charge is 0.263 e. The molecule has 1 aliphatic rings. The first-order valence-electron chi connectivity index (χ1n) is 10.4. The van der Waals surface area contributed by atoms with Gasteiger partial charge in [0.1, 0.15) is 5.82 Å². The number of nitrogens with zero attached hydrogens (tertiary/aromatic N) is 5. The number of halogens is 1. The third-order valence-corrected chi connectivity index (χ3v) is 5.84. The summed E-state index contributed by atoms with van der Waals surface area (Å²) in [5, 5.41) is 0.588. The van der Waals surface area contributed by atoms with Crippen LogP contribution in [0.1, 0.15) is 51.9 Å². The first kappa shape index (κ1) is 21.4. The third-order valence-electron chi connectivity index (χ3n) is 5.41. The normalized spacial score (nSPS) is 17.9. The van der Waals surface area contributed by atoms with Gasteiger partial charge in [-0.15, -0.1) is 0 Å². The van der Waals surface area contributed by atoms with E-state index < -0.39 is 0 Å². The summed E-state index contributed by atoms with van der Waals surface area (Å²) < 4.78 is 2.72. The summed E-state index contributed by atoms with van der Waals surface area (Å²) in [6.45, 7) is 11.4. The van der Waals surface area contributed by atoms with E-state index in [4.69, 9.17) is 4.98 Å². The van der Waals surface area contributed by atoms with Gasteiger partial charge in [0.15, 0.2) is 5.65 Å². The van der Waals surface area contributed by atoms with Gasteiger partial charge in [0, 0.05) is 36.8 Å². The Morgan fingerprint density at radius 3 is 2.71 bits per heavy atom. The molecule has 0 bridgehead atoms. The predicted octanol–water partition coefficient (Wildman–Crippen LogP) is 3.69. The number of aromatic nitrogens is 3. The maximum Gasteiger partial charge on any atom is 0.263 e. The number of likely N-dealkylation sites (N-methyl/N-ethyl adjacent to an activating group) is 1. The van der Waals surface area contributed by atoms with Crippen LogP contribution in [0.2, 0.25) is 0 Å². The molecule has 3 rings (SSSR count). The van der Waals surface area contributed by atoms with Crippen molar-refractivity contribution in [2.24, 2.45) is 5.92 Å². The standard InChI is InChI=1S/C21H32BrN5O/c1-5-7-18(26-9-6-8-25(4)10-11-26)20-24-19-17(12-16(22)13-23-19)21(28)27(20)14-15(2)3/h12-13,15,18H,5-11,14H2,1-4H3. The fourth-order valence-corrected chi connectivity index (χ4v) is 4.35. The molecule has 2 aromatic rings. The van der Waals surface area contributed by atoms with Crippen LogP contribution in [0.3, 0.4) is 0 Å². The molecule has 1 saturated heterocycles. The van der Waals surface area contributed by atoms with Crippen molar-refractivity contribution in [2.75, 3.05) is 33.2 Å². The van der Waals surface area contributed by atoms with Gasteiger partial charge in [0.05, 0.1) is 11.4 Å². The van der Waals surface area contributed by atoms with E-state index in [2.05, 4.69) is 58.5 Å². The van der Waals surface area contributed by atoms with Crippen LogP contribution in [0.4, 0.5) is 0 Å². The van der Waals surface area contributed by atoms with Crippen LogP contribution >= 0.6 is 15.9 Å². The number of fused-ring (bicyclic) bond motifs is 1. The topological polar surface area (TPSA) is 54.3 Å². The number of rotatable bonds is 6. The summed E-state index contributed by atoms with van der Waals surface area (Å²) in [5.41, 5.74) is 0.576. The van der Waals surface area contributed by atoms with Gasteiger partial charge in [-0.3, -0.25) is 14.3 Å². The van der Waals surface area contributed by atoms with E-state index >= 15 is 0 Å². The van der Waals surface area contributed by atoms with Gasteiger partial charge in [-0.1, -0.05) is 27.2 Å². The van der Waals surface area contributed by atoms with Crippen molar-refractivity contribution in [3.63, 3.8) is 0 Å². The van der Waals surface area contributed by atoms with Gasteiger partial charge in [-0.25, -0.2) is 9.97 Å². The molecule has 0 amide bonds. The van der Waals surface area contributed by atoms with E-state index in [9.17, 15) is 4.79 Å². The van der Waals surface area contributed by atoms with Crippen LogP contribution in [-0.4, -0.2) is 57.6 Å². The summed E-state index contributed by atoms with van der Waals surface area (Å²) >= 11 is 3.44. The predicted molar refractivity (Wildman–Crippen MR) is 118 cm³/mol. The average Bonchev–Trinajstić information content (AvgIpc) is 2.87. The van der Waals surface area contributed by atoms with Crippen molar-refractivity contribution >= 4 is 27.0 Å². The molecular formula is C21H32BrN5O. The van der Waals surface area contributed by atoms with Crippen molar-refractivity contribution in [1.82, 2.24) is 24.3 Å². The largest absolute Gasteiger partial charge is 0.305 e. The highest BCUT2D eigenvalue weighted by molar-refractivity contribution is 9.10. The first-order chi connectivity index (χ1) is 13.4. The van der Waals surface area contributed by atoms with Crippen molar-refractivity contribution < 1.29 is 0 Å². The zero-order valence-electron chi connectivity index (χ0n) is 17.5. The third kappa shape index (κ3) is 4.81. The SMILES string of the molecule is CCCC(c1nc2ncc(Br)cc2c(=O)n1CC(C)C)N1CCCN(C)CC1. The van der Waals surface area contributed by atoms with Crippen LogP contribution in [0, 0.1) is 5.92 Å². The van der Waals surface area contributed by atoms with E-state index in [0.29, 0.717) is 23.5 Å². The highest BCUT2D eigenvalue weighted by Crippen LogP contribution is 2.27. The van der Waals surface area contributed by atoms with Crippen molar-refractivity contribution in [2.45, 2.75) is 52.6 Å². The molecule has 0 radical (unpaired) electrons. The zero-order valence-corrected chi connectivity index (χ0v) is 19.1. The Balaban J connectivity index is 2.13. The quantitative estimate of drug-likeness (QED) is 0.672.